The number of ether oxygens (including phenoxy) is 1. The summed E-state index contributed by atoms with van der Waals surface area (Å²) in [6.07, 6.45) is 4.20. The first-order valence-corrected chi connectivity index (χ1v) is 14.1. The third kappa shape index (κ3) is 5.01. The zero-order valence-corrected chi connectivity index (χ0v) is 23.5. The van der Waals surface area contributed by atoms with Crippen molar-refractivity contribution in [1.29, 1.82) is 0 Å². The maximum atomic E-state index is 13.4. The predicted molar refractivity (Wildman–Crippen MR) is 149 cm³/mol. The molecule has 1 aromatic carbocycles. The maximum absolute atomic E-state index is 13.4. The van der Waals surface area contributed by atoms with Crippen molar-refractivity contribution in [2.45, 2.75) is 70.2 Å². The highest BCUT2D eigenvalue weighted by Gasteiger charge is 2.48. The summed E-state index contributed by atoms with van der Waals surface area (Å²) in [7, 11) is 0. The molecule has 2 aliphatic heterocycles. The molecule has 1 aliphatic carbocycles. The molecular formula is C29H36ClN5O4. The summed E-state index contributed by atoms with van der Waals surface area (Å²) < 4.78 is 9.18. The number of nitrogens with one attached hydrogen (secondary N) is 1. The Morgan fingerprint density at radius 1 is 1.15 bits per heavy atom. The van der Waals surface area contributed by atoms with Crippen LogP contribution >= 0.6 is 11.6 Å². The molecule has 2 N–H and O–H groups in total. The van der Waals surface area contributed by atoms with E-state index in [9.17, 15) is 14.7 Å². The largest absolute Gasteiger partial charge is 0.388 e. The van der Waals surface area contributed by atoms with Crippen LogP contribution in [0.15, 0.2) is 41.5 Å². The van der Waals surface area contributed by atoms with Gasteiger partial charge in [0.15, 0.2) is 5.65 Å². The third-order valence-corrected chi connectivity index (χ3v) is 8.95. The average molecular weight is 554 g/mol. The van der Waals surface area contributed by atoms with E-state index in [0.29, 0.717) is 48.7 Å². The van der Waals surface area contributed by atoms with Gasteiger partial charge in [0.25, 0.3) is 5.56 Å². The molecule has 1 amide bonds. The van der Waals surface area contributed by atoms with Gasteiger partial charge >= 0.3 is 0 Å². The van der Waals surface area contributed by atoms with Gasteiger partial charge in [-0.3, -0.25) is 18.7 Å². The smallest absolute Gasteiger partial charge is 0.262 e. The number of aliphatic hydroxyl groups is 1. The number of piperidine rings is 1. The molecule has 9 nitrogen and oxygen atoms in total. The Morgan fingerprint density at radius 2 is 1.85 bits per heavy atom. The molecule has 10 heteroatoms. The van der Waals surface area contributed by atoms with Gasteiger partial charge in [-0.15, -0.1) is 0 Å². The van der Waals surface area contributed by atoms with Crippen molar-refractivity contribution in [1.82, 2.24) is 24.3 Å². The van der Waals surface area contributed by atoms with Crippen LogP contribution in [0.3, 0.4) is 0 Å². The normalized spacial score (nSPS) is 23.6. The Labute approximate surface area is 232 Å². The minimum absolute atomic E-state index is 0.113. The van der Waals surface area contributed by atoms with E-state index in [4.69, 9.17) is 16.3 Å². The Kier molecular flexibility index (Phi) is 6.41. The fourth-order valence-corrected chi connectivity index (χ4v) is 5.97. The number of benzene rings is 1. The first-order chi connectivity index (χ1) is 18.5. The van der Waals surface area contributed by atoms with Crippen molar-refractivity contribution in [2.75, 3.05) is 26.2 Å². The molecule has 39 heavy (non-hydrogen) atoms. The number of fused-ring (bicyclic) bond motifs is 1. The Bertz CT molecular complexity index is 1460. The third-order valence-electron chi connectivity index (χ3n) is 8.67. The SMILES string of the molecule is CC1(C)CNC(c2ccc(-n3c(Cl)cc4c(=O)n(CC5(O)CCN(C(=O)C6(C)CC6)CC5)cnc43)cc2)CO1. The highest BCUT2D eigenvalue weighted by atomic mass is 35.5. The molecule has 3 aromatic rings. The van der Waals surface area contributed by atoms with Crippen LogP contribution in [0.4, 0.5) is 0 Å². The Morgan fingerprint density at radius 3 is 2.46 bits per heavy atom. The van der Waals surface area contributed by atoms with Crippen molar-refractivity contribution in [2.24, 2.45) is 5.41 Å². The number of nitrogens with zero attached hydrogens (tertiary/aromatic N) is 4. The van der Waals surface area contributed by atoms with Gasteiger partial charge in [0, 0.05) is 30.7 Å². The molecule has 2 aromatic heterocycles. The molecule has 3 aliphatic rings. The van der Waals surface area contributed by atoms with Crippen LogP contribution in [0.5, 0.6) is 0 Å². The maximum Gasteiger partial charge on any atom is 0.262 e. The molecule has 0 spiro atoms. The van der Waals surface area contributed by atoms with Crippen molar-refractivity contribution in [3.63, 3.8) is 0 Å². The molecule has 0 bridgehead atoms. The van der Waals surface area contributed by atoms with Crippen molar-refractivity contribution in [3.05, 3.63) is 57.7 Å². The number of halogens is 1. The zero-order chi connectivity index (χ0) is 27.6. The van der Waals surface area contributed by atoms with Gasteiger partial charge in [0.2, 0.25) is 5.91 Å². The van der Waals surface area contributed by atoms with E-state index in [2.05, 4.69) is 24.1 Å². The van der Waals surface area contributed by atoms with Crippen LogP contribution in [0, 0.1) is 5.41 Å². The summed E-state index contributed by atoms with van der Waals surface area (Å²) in [5, 5.41) is 15.6. The Hall–Kier alpha value is -2.72. The molecular weight excluding hydrogens is 518 g/mol. The van der Waals surface area contributed by atoms with Crippen molar-refractivity contribution in [3.8, 4) is 5.69 Å². The number of aromatic nitrogens is 3. The summed E-state index contributed by atoms with van der Waals surface area (Å²) in [6, 6.07) is 9.76. The molecule has 6 rings (SSSR count). The van der Waals surface area contributed by atoms with Gasteiger partial charge in [0.1, 0.15) is 11.5 Å². The van der Waals surface area contributed by atoms with Crippen molar-refractivity contribution >= 4 is 28.5 Å². The second kappa shape index (κ2) is 9.44. The fourth-order valence-electron chi connectivity index (χ4n) is 5.69. The number of morpholine rings is 1. The lowest BCUT2D eigenvalue weighted by Crippen LogP contribution is -2.51. The van der Waals surface area contributed by atoms with E-state index >= 15 is 0 Å². The van der Waals surface area contributed by atoms with Gasteiger partial charge < -0.3 is 20.1 Å². The minimum atomic E-state index is -1.07. The molecule has 1 saturated carbocycles. The lowest BCUT2D eigenvalue weighted by atomic mass is 9.90. The van der Waals surface area contributed by atoms with E-state index in [1.807, 2.05) is 36.1 Å². The topological polar surface area (TPSA) is 102 Å². The second-order valence-electron chi connectivity index (χ2n) is 12.4. The summed E-state index contributed by atoms with van der Waals surface area (Å²) in [6.45, 7) is 8.63. The summed E-state index contributed by atoms with van der Waals surface area (Å²) in [5.41, 5.74) is 0.680. The van der Waals surface area contributed by atoms with Gasteiger partial charge in [-0.1, -0.05) is 30.7 Å². The van der Waals surface area contributed by atoms with Crippen LogP contribution in [0.2, 0.25) is 5.15 Å². The van der Waals surface area contributed by atoms with E-state index in [1.54, 1.807) is 10.6 Å². The summed E-state index contributed by atoms with van der Waals surface area (Å²) in [5.74, 6) is 0.182. The predicted octanol–water partition coefficient (Wildman–Crippen LogP) is 3.43. The lowest BCUT2D eigenvalue weighted by Gasteiger charge is -2.39. The number of hydrogen-bond acceptors (Lipinski definition) is 6. The van der Waals surface area contributed by atoms with E-state index in [-0.39, 0.29) is 35.1 Å². The van der Waals surface area contributed by atoms with Crippen LogP contribution in [-0.4, -0.2) is 67.5 Å². The number of hydrogen-bond donors (Lipinski definition) is 2. The quantitative estimate of drug-likeness (QED) is 0.502. The molecule has 0 radical (unpaired) electrons. The minimum Gasteiger partial charge on any atom is -0.388 e. The molecule has 2 saturated heterocycles. The monoisotopic (exact) mass is 553 g/mol. The number of carbonyl (C=O) groups excluding carboxylic acids is 1. The van der Waals surface area contributed by atoms with Crippen LogP contribution < -0.4 is 10.9 Å². The lowest BCUT2D eigenvalue weighted by molar-refractivity contribution is -0.141. The zero-order valence-electron chi connectivity index (χ0n) is 22.7. The number of carbonyl (C=O) groups is 1. The van der Waals surface area contributed by atoms with E-state index in [1.165, 1.54) is 10.9 Å². The van der Waals surface area contributed by atoms with Crippen molar-refractivity contribution < 1.29 is 14.6 Å². The number of amides is 1. The number of likely N-dealkylation sites (tertiary alicyclic amines) is 1. The average Bonchev–Trinajstić information content (AvgIpc) is 3.57. The summed E-state index contributed by atoms with van der Waals surface area (Å²) in [4.78, 5) is 32.5. The number of rotatable bonds is 5. The van der Waals surface area contributed by atoms with Gasteiger partial charge in [-0.2, -0.15) is 0 Å². The standard InChI is InChI=1S/C29H36ClN5O4/c1-27(2)16-31-22(15-39-27)19-4-6-20(7-5-19)35-23(30)14-21-24(35)32-18-34(25(21)36)17-29(38)10-12-33(13-11-29)26(37)28(3)8-9-28/h4-7,14,18,22,31,38H,8-13,15-17H2,1-3H3. The van der Waals surface area contributed by atoms with E-state index in [0.717, 1.165) is 30.6 Å². The van der Waals surface area contributed by atoms with Crippen LogP contribution in [-0.2, 0) is 16.1 Å². The Balaban J connectivity index is 1.19. The van der Waals surface area contributed by atoms with Gasteiger partial charge in [-0.05, 0) is 63.3 Å². The highest BCUT2D eigenvalue weighted by Crippen LogP contribution is 2.47. The van der Waals surface area contributed by atoms with Gasteiger partial charge in [-0.25, -0.2) is 4.98 Å². The second-order valence-corrected chi connectivity index (χ2v) is 12.8. The first-order valence-electron chi connectivity index (χ1n) is 13.7. The molecule has 208 valence electrons. The highest BCUT2D eigenvalue weighted by molar-refractivity contribution is 6.31. The van der Waals surface area contributed by atoms with E-state index < -0.39 is 5.60 Å². The molecule has 1 unspecified atom stereocenters. The summed E-state index contributed by atoms with van der Waals surface area (Å²) >= 11 is 6.61. The molecule has 1 atom stereocenters. The molecule has 3 fully saturated rings. The van der Waals surface area contributed by atoms with Crippen LogP contribution in [0.1, 0.15) is 58.1 Å². The fraction of sp³-hybridized carbons (Fsp3) is 0.552. The van der Waals surface area contributed by atoms with Gasteiger partial charge in [0.05, 0.1) is 35.8 Å². The molecule has 4 heterocycles. The first kappa shape index (κ1) is 26.5. The van der Waals surface area contributed by atoms with Crippen LogP contribution in [0.25, 0.3) is 16.7 Å².